The van der Waals surface area contributed by atoms with Crippen molar-refractivity contribution in [3.05, 3.63) is 88.4 Å². The van der Waals surface area contributed by atoms with Gasteiger partial charge >= 0.3 is 12.1 Å². The summed E-state index contributed by atoms with van der Waals surface area (Å²) in [6.07, 6.45) is 3.85. The second kappa shape index (κ2) is 16.9. The van der Waals surface area contributed by atoms with E-state index in [0.717, 1.165) is 16.0 Å². The van der Waals surface area contributed by atoms with Crippen molar-refractivity contribution in [1.82, 2.24) is 26.3 Å². The van der Waals surface area contributed by atoms with Crippen LogP contribution in [0.2, 0.25) is 0 Å². The Balaban J connectivity index is 1.70. The Labute approximate surface area is 239 Å². The highest BCUT2D eigenvalue weighted by molar-refractivity contribution is 7.09. The molecular weight excluding hydrogens is 528 g/mol. The molecule has 0 bridgehead atoms. The predicted molar refractivity (Wildman–Crippen MR) is 156 cm³/mol. The molecule has 40 heavy (non-hydrogen) atoms. The maximum atomic E-state index is 13.2. The van der Waals surface area contributed by atoms with Crippen molar-refractivity contribution in [2.75, 3.05) is 13.6 Å². The molecule has 3 atom stereocenters. The lowest BCUT2D eigenvalue weighted by atomic mass is 9.95. The fraction of sp³-hybridized carbons (Fsp3) is 0.379. The highest BCUT2D eigenvalue weighted by atomic mass is 32.1. The Morgan fingerprint density at radius 1 is 0.875 bits per heavy atom. The molecule has 3 rings (SSSR count). The van der Waals surface area contributed by atoms with Gasteiger partial charge in [0.25, 0.3) is 0 Å². The lowest BCUT2D eigenvalue weighted by Gasteiger charge is -2.26. The number of nitrogens with two attached hydrogens (primary N) is 1. The van der Waals surface area contributed by atoms with Gasteiger partial charge in [-0.3, -0.25) is 9.78 Å². The molecule has 0 unspecified atom stereocenters. The standard InChI is InChI=1S/C29H38N6O4S/c1-31-28(37)35-26(14-15-30)27(36)33-23(16-21-8-4-2-5-9-21)12-13-24(17-22-10-6-3-7-11-22)34-29(38)39-19-25-18-32-20-40-25/h2-11,18,20,23-24,26H,12-17,19,30H2,1H3,(H,33,36)(H,34,38)(H2,31,35,37)/t23-,24-,26+/m1/s1. The highest BCUT2D eigenvalue weighted by Crippen LogP contribution is 2.14. The number of alkyl carbamates (subject to hydrolysis) is 1. The van der Waals surface area contributed by atoms with Crippen LogP contribution in [0.15, 0.2) is 72.4 Å². The highest BCUT2D eigenvalue weighted by Gasteiger charge is 2.24. The summed E-state index contributed by atoms with van der Waals surface area (Å²) in [5.41, 5.74) is 9.55. The molecule has 0 aliphatic rings. The monoisotopic (exact) mass is 566 g/mol. The van der Waals surface area contributed by atoms with Crippen LogP contribution >= 0.6 is 11.3 Å². The van der Waals surface area contributed by atoms with E-state index in [1.807, 2.05) is 60.7 Å². The summed E-state index contributed by atoms with van der Waals surface area (Å²) in [5, 5.41) is 11.3. The number of hydrogen-bond acceptors (Lipinski definition) is 7. The summed E-state index contributed by atoms with van der Waals surface area (Å²) in [7, 11) is 1.49. The molecule has 6 N–H and O–H groups in total. The molecular formula is C29H38N6O4S. The first kappa shape index (κ1) is 30.6. The van der Waals surface area contributed by atoms with Crippen molar-refractivity contribution in [2.45, 2.75) is 56.8 Å². The van der Waals surface area contributed by atoms with Crippen LogP contribution in [0.1, 0.15) is 35.3 Å². The number of hydrogen-bond donors (Lipinski definition) is 5. The summed E-state index contributed by atoms with van der Waals surface area (Å²) in [4.78, 5) is 42.6. The van der Waals surface area contributed by atoms with Gasteiger partial charge in [-0.15, -0.1) is 11.3 Å². The summed E-state index contributed by atoms with van der Waals surface area (Å²) in [5.74, 6) is -0.300. The Hall–Kier alpha value is -3.96. The van der Waals surface area contributed by atoms with E-state index in [1.165, 1.54) is 18.4 Å². The maximum Gasteiger partial charge on any atom is 0.407 e. The smallest absolute Gasteiger partial charge is 0.407 e. The van der Waals surface area contributed by atoms with Crippen molar-refractivity contribution in [2.24, 2.45) is 5.73 Å². The molecule has 0 spiro atoms. The SMILES string of the molecule is CNC(=O)N[C@@H](CCN)C(=O)N[C@H](CC[C@H](Cc1ccccc1)NC(=O)OCc1cncs1)Cc1ccccc1. The van der Waals surface area contributed by atoms with Gasteiger partial charge in [0.15, 0.2) is 0 Å². The first-order valence-corrected chi connectivity index (χ1v) is 14.2. The Kier molecular flexibility index (Phi) is 12.9. The molecule has 0 saturated carbocycles. The van der Waals surface area contributed by atoms with Crippen LogP contribution in [-0.4, -0.2) is 54.7 Å². The van der Waals surface area contributed by atoms with Crippen molar-refractivity contribution in [3.8, 4) is 0 Å². The molecule has 0 radical (unpaired) electrons. The third kappa shape index (κ3) is 11.0. The van der Waals surface area contributed by atoms with Crippen molar-refractivity contribution >= 4 is 29.4 Å². The molecule has 0 fully saturated rings. The van der Waals surface area contributed by atoms with E-state index in [4.69, 9.17) is 10.5 Å². The molecule has 4 amide bonds. The zero-order valence-electron chi connectivity index (χ0n) is 22.7. The zero-order valence-corrected chi connectivity index (χ0v) is 23.5. The number of rotatable bonds is 15. The molecule has 2 aromatic carbocycles. The average Bonchev–Trinajstić information content (AvgIpc) is 3.49. The zero-order chi connectivity index (χ0) is 28.6. The third-order valence-corrected chi connectivity index (χ3v) is 7.07. The predicted octanol–water partition coefficient (Wildman–Crippen LogP) is 3.13. The van der Waals surface area contributed by atoms with E-state index in [2.05, 4.69) is 26.3 Å². The number of urea groups is 1. The molecule has 11 heteroatoms. The van der Waals surface area contributed by atoms with Crippen LogP contribution in [0.4, 0.5) is 9.59 Å². The Morgan fingerprint density at radius 3 is 2.00 bits per heavy atom. The topological polar surface area (TPSA) is 147 Å². The van der Waals surface area contributed by atoms with Gasteiger partial charge in [0, 0.05) is 25.3 Å². The number of amides is 4. The fourth-order valence-electron chi connectivity index (χ4n) is 4.28. The summed E-state index contributed by atoms with van der Waals surface area (Å²) < 4.78 is 5.42. The van der Waals surface area contributed by atoms with Crippen molar-refractivity contribution in [3.63, 3.8) is 0 Å². The number of ether oxygens (including phenoxy) is 1. The second-order valence-electron chi connectivity index (χ2n) is 9.40. The molecule has 0 saturated heterocycles. The van der Waals surface area contributed by atoms with Gasteiger partial charge in [0.05, 0.1) is 10.4 Å². The molecule has 214 valence electrons. The number of nitrogens with zero attached hydrogens (tertiary/aromatic N) is 1. The number of thiazole rings is 1. The van der Waals surface area contributed by atoms with Gasteiger partial charge in [-0.05, 0) is 49.8 Å². The van der Waals surface area contributed by atoms with Gasteiger partial charge in [0.1, 0.15) is 12.6 Å². The normalized spacial score (nSPS) is 12.9. The molecule has 1 aromatic heterocycles. The third-order valence-electron chi connectivity index (χ3n) is 6.32. The van der Waals surface area contributed by atoms with E-state index < -0.39 is 18.2 Å². The first-order chi connectivity index (χ1) is 19.5. The minimum absolute atomic E-state index is 0.155. The van der Waals surface area contributed by atoms with Crippen LogP contribution in [0.3, 0.4) is 0 Å². The summed E-state index contributed by atoms with van der Waals surface area (Å²) in [6.45, 7) is 0.403. The minimum Gasteiger partial charge on any atom is -0.444 e. The fourth-order valence-corrected chi connectivity index (χ4v) is 4.78. The van der Waals surface area contributed by atoms with E-state index in [1.54, 1.807) is 11.7 Å². The summed E-state index contributed by atoms with van der Waals surface area (Å²) >= 11 is 1.42. The van der Waals surface area contributed by atoms with Crippen LogP contribution in [-0.2, 0) is 29.0 Å². The van der Waals surface area contributed by atoms with Gasteiger partial charge in [-0.25, -0.2) is 9.59 Å². The first-order valence-electron chi connectivity index (χ1n) is 13.3. The number of carbonyl (C=O) groups is 3. The Morgan fingerprint density at radius 2 is 1.48 bits per heavy atom. The van der Waals surface area contributed by atoms with E-state index >= 15 is 0 Å². The van der Waals surface area contributed by atoms with Crippen LogP contribution < -0.4 is 27.0 Å². The average molecular weight is 567 g/mol. The number of nitrogens with one attached hydrogen (secondary N) is 4. The largest absolute Gasteiger partial charge is 0.444 e. The Bertz CT molecular complexity index is 1160. The van der Waals surface area contributed by atoms with Crippen molar-refractivity contribution in [1.29, 1.82) is 0 Å². The van der Waals surface area contributed by atoms with Gasteiger partial charge in [-0.1, -0.05) is 60.7 Å². The lowest BCUT2D eigenvalue weighted by Crippen LogP contribution is -2.52. The van der Waals surface area contributed by atoms with E-state index in [9.17, 15) is 14.4 Å². The number of aromatic nitrogens is 1. The van der Waals surface area contributed by atoms with Crippen molar-refractivity contribution < 1.29 is 19.1 Å². The van der Waals surface area contributed by atoms with E-state index in [0.29, 0.717) is 32.1 Å². The molecule has 1 heterocycles. The van der Waals surface area contributed by atoms with Crippen LogP contribution in [0, 0.1) is 0 Å². The maximum absolute atomic E-state index is 13.2. The molecule has 10 nitrogen and oxygen atoms in total. The second-order valence-corrected chi connectivity index (χ2v) is 10.4. The summed E-state index contributed by atoms with van der Waals surface area (Å²) in [6, 6.07) is 18.1. The lowest BCUT2D eigenvalue weighted by molar-refractivity contribution is -0.123. The minimum atomic E-state index is -0.761. The van der Waals surface area contributed by atoms with E-state index in [-0.39, 0.29) is 31.1 Å². The molecule has 3 aromatic rings. The molecule has 0 aliphatic heterocycles. The number of carbonyl (C=O) groups excluding carboxylic acids is 3. The number of benzene rings is 2. The van der Waals surface area contributed by atoms with Crippen LogP contribution in [0.25, 0.3) is 0 Å². The molecule has 0 aliphatic carbocycles. The van der Waals surface area contributed by atoms with Gasteiger partial charge < -0.3 is 31.7 Å². The van der Waals surface area contributed by atoms with Gasteiger partial charge in [0.2, 0.25) is 5.91 Å². The van der Waals surface area contributed by atoms with Gasteiger partial charge in [-0.2, -0.15) is 0 Å². The quantitative estimate of drug-likeness (QED) is 0.191. The van der Waals surface area contributed by atoms with Crippen LogP contribution in [0.5, 0.6) is 0 Å².